The summed E-state index contributed by atoms with van der Waals surface area (Å²) >= 11 is 0. The number of hydrogen-bond acceptors (Lipinski definition) is 2. The minimum Gasteiger partial charge on any atom is -0.314 e. The quantitative estimate of drug-likeness (QED) is 0.775. The van der Waals surface area contributed by atoms with Crippen LogP contribution in [0.25, 0.3) is 0 Å². The maximum absolute atomic E-state index is 13.4. The summed E-state index contributed by atoms with van der Waals surface area (Å²) in [6.07, 6.45) is 0. The fraction of sp³-hybridized carbons (Fsp3) is 0.455. The van der Waals surface area contributed by atoms with Gasteiger partial charge in [0.25, 0.3) is 0 Å². The van der Waals surface area contributed by atoms with E-state index < -0.39 is 17.5 Å². The van der Waals surface area contributed by atoms with E-state index in [4.69, 9.17) is 0 Å². The first kappa shape index (κ1) is 11.4. The van der Waals surface area contributed by atoms with Crippen LogP contribution in [0, 0.1) is 17.5 Å². The Balaban J connectivity index is 2.11. The zero-order valence-corrected chi connectivity index (χ0v) is 8.77. The highest BCUT2D eigenvalue weighted by Crippen LogP contribution is 2.16. The van der Waals surface area contributed by atoms with E-state index in [2.05, 4.69) is 5.32 Å². The molecule has 5 heteroatoms. The molecule has 2 rings (SSSR count). The Morgan fingerprint density at radius 1 is 1.06 bits per heavy atom. The lowest BCUT2D eigenvalue weighted by Crippen LogP contribution is -2.43. The van der Waals surface area contributed by atoms with Gasteiger partial charge in [-0.15, -0.1) is 0 Å². The van der Waals surface area contributed by atoms with Crippen molar-refractivity contribution in [2.75, 3.05) is 26.2 Å². The van der Waals surface area contributed by atoms with Crippen LogP contribution < -0.4 is 5.32 Å². The van der Waals surface area contributed by atoms with Gasteiger partial charge in [0.2, 0.25) is 0 Å². The van der Waals surface area contributed by atoms with Gasteiger partial charge in [-0.25, -0.2) is 13.2 Å². The van der Waals surface area contributed by atoms with Crippen molar-refractivity contribution >= 4 is 0 Å². The second kappa shape index (κ2) is 4.84. The number of nitrogens with zero attached hydrogens (tertiary/aromatic N) is 1. The standard InChI is InChI=1S/C11H13F3N2/c12-9-2-1-8(10(13)11(9)14)7-16-5-3-15-4-6-16/h1-2,15H,3-7H2. The number of halogens is 3. The van der Waals surface area contributed by atoms with Crippen molar-refractivity contribution in [3.63, 3.8) is 0 Å². The Morgan fingerprint density at radius 3 is 2.44 bits per heavy atom. The molecule has 1 heterocycles. The summed E-state index contributed by atoms with van der Waals surface area (Å²) in [4.78, 5) is 2.01. The monoisotopic (exact) mass is 230 g/mol. The van der Waals surface area contributed by atoms with Gasteiger partial charge in [0.05, 0.1) is 0 Å². The third-order valence-corrected chi connectivity index (χ3v) is 2.72. The van der Waals surface area contributed by atoms with E-state index >= 15 is 0 Å². The van der Waals surface area contributed by atoms with Gasteiger partial charge in [-0.05, 0) is 6.07 Å². The smallest absolute Gasteiger partial charge is 0.194 e. The molecule has 0 saturated carbocycles. The van der Waals surface area contributed by atoms with Crippen LogP contribution in [0.2, 0.25) is 0 Å². The molecule has 1 saturated heterocycles. The van der Waals surface area contributed by atoms with Crippen LogP contribution in [-0.4, -0.2) is 31.1 Å². The van der Waals surface area contributed by atoms with E-state index in [9.17, 15) is 13.2 Å². The Kier molecular flexibility index (Phi) is 3.46. The highest BCUT2D eigenvalue weighted by molar-refractivity contribution is 5.20. The second-order valence-corrected chi connectivity index (χ2v) is 3.86. The van der Waals surface area contributed by atoms with Crippen molar-refractivity contribution in [1.82, 2.24) is 10.2 Å². The van der Waals surface area contributed by atoms with Crippen molar-refractivity contribution in [2.45, 2.75) is 6.54 Å². The molecule has 2 nitrogen and oxygen atoms in total. The van der Waals surface area contributed by atoms with Crippen LogP contribution in [0.3, 0.4) is 0 Å². The van der Waals surface area contributed by atoms with Gasteiger partial charge >= 0.3 is 0 Å². The number of hydrogen-bond donors (Lipinski definition) is 1. The number of benzene rings is 1. The van der Waals surface area contributed by atoms with Crippen molar-refractivity contribution in [3.05, 3.63) is 35.1 Å². The zero-order chi connectivity index (χ0) is 11.5. The lowest BCUT2D eigenvalue weighted by molar-refractivity contribution is 0.229. The van der Waals surface area contributed by atoms with Gasteiger partial charge < -0.3 is 5.32 Å². The maximum atomic E-state index is 13.4. The molecular formula is C11H13F3N2. The molecule has 1 aliphatic rings. The molecule has 0 spiro atoms. The van der Waals surface area contributed by atoms with Gasteiger partial charge in [-0.1, -0.05) is 6.07 Å². The van der Waals surface area contributed by atoms with E-state index in [0.717, 1.165) is 32.2 Å². The summed E-state index contributed by atoms with van der Waals surface area (Å²) < 4.78 is 39.0. The SMILES string of the molecule is Fc1ccc(CN2CCNCC2)c(F)c1F. The topological polar surface area (TPSA) is 15.3 Å². The zero-order valence-electron chi connectivity index (χ0n) is 8.77. The third kappa shape index (κ3) is 2.36. The molecule has 0 unspecified atom stereocenters. The Labute approximate surface area is 92.1 Å². The molecule has 1 N–H and O–H groups in total. The molecule has 1 fully saturated rings. The summed E-state index contributed by atoms with van der Waals surface area (Å²) in [5.41, 5.74) is 0.209. The van der Waals surface area contributed by atoms with Crippen molar-refractivity contribution in [1.29, 1.82) is 0 Å². The van der Waals surface area contributed by atoms with E-state index in [0.29, 0.717) is 6.54 Å². The predicted octanol–water partition coefficient (Wildman–Crippen LogP) is 1.51. The molecule has 16 heavy (non-hydrogen) atoms. The first-order valence-electron chi connectivity index (χ1n) is 5.24. The molecule has 0 atom stereocenters. The van der Waals surface area contributed by atoms with E-state index in [1.165, 1.54) is 6.07 Å². The Hall–Kier alpha value is -1.07. The van der Waals surface area contributed by atoms with Crippen LogP contribution in [0.1, 0.15) is 5.56 Å². The fourth-order valence-corrected chi connectivity index (χ4v) is 1.80. The summed E-state index contributed by atoms with van der Waals surface area (Å²) in [5.74, 6) is -3.59. The first-order chi connectivity index (χ1) is 7.68. The van der Waals surface area contributed by atoms with Crippen LogP contribution in [0.5, 0.6) is 0 Å². The van der Waals surface area contributed by atoms with Crippen LogP contribution in [0.15, 0.2) is 12.1 Å². The summed E-state index contributed by atoms with van der Waals surface area (Å²) in [7, 11) is 0. The highest BCUT2D eigenvalue weighted by atomic mass is 19.2. The molecule has 0 bridgehead atoms. The molecule has 88 valence electrons. The lowest BCUT2D eigenvalue weighted by Gasteiger charge is -2.27. The highest BCUT2D eigenvalue weighted by Gasteiger charge is 2.16. The largest absolute Gasteiger partial charge is 0.314 e. The number of rotatable bonds is 2. The third-order valence-electron chi connectivity index (χ3n) is 2.72. The minimum absolute atomic E-state index is 0.209. The molecule has 1 aromatic carbocycles. The van der Waals surface area contributed by atoms with Gasteiger partial charge in [0.1, 0.15) is 0 Å². The second-order valence-electron chi connectivity index (χ2n) is 3.86. The van der Waals surface area contributed by atoms with Gasteiger partial charge in [0, 0.05) is 38.3 Å². The van der Waals surface area contributed by atoms with E-state index in [1.807, 2.05) is 4.90 Å². The molecular weight excluding hydrogens is 217 g/mol. The molecule has 1 aromatic rings. The molecule has 0 aromatic heterocycles. The van der Waals surface area contributed by atoms with Crippen LogP contribution in [-0.2, 0) is 6.54 Å². The Bertz CT molecular complexity index is 376. The summed E-state index contributed by atoms with van der Waals surface area (Å²) in [5, 5.41) is 3.17. The molecule has 1 aliphatic heterocycles. The van der Waals surface area contributed by atoms with Gasteiger partial charge in [-0.3, -0.25) is 4.90 Å². The molecule has 0 aliphatic carbocycles. The van der Waals surface area contributed by atoms with E-state index in [1.54, 1.807) is 0 Å². The average molecular weight is 230 g/mol. The lowest BCUT2D eigenvalue weighted by atomic mass is 10.1. The number of piperazine rings is 1. The van der Waals surface area contributed by atoms with Gasteiger partial charge in [-0.2, -0.15) is 0 Å². The average Bonchev–Trinajstić information content (AvgIpc) is 2.31. The van der Waals surface area contributed by atoms with Crippen LogP contribution >= 0.6 is 0 Å². The summed E-state index contributed by atoms with van der Waals surface area (Å²) in [6, 6.07) is 2.27. The molecule has 0 amide bonds. The predicted molar refractivity (Wildman–Crippen MR) is 54.5 cm³/mol. The summed E-state index contributed by atoms with van der Waals surface area (Å²) in [6.45, 7) is 3.58. The number of nitrogens with one attached hydrogen (secondary N) is 1. The first-order valence-corrected chi connectivity index (χ1v) is 5.24. The minimum atomic E-state index is -1.38. The van der Waals surface area contributed by atoms with Crippen molar-refractivity contribution in [2.24, 2.45) is 0 Å². The molecule has 0 radical (unpaired) electrons. The van der Waals surface area contributed by atoms with Gasteiger partial charge in [0.15, 0.2) is 17.5 Å². The van der Waals surface area contributed by atoms with Crippen LogP contribution in [0.4, 0.5) is 13.2 Å². The van der Waals surface area contributed by atoms with Crippen molar-refractivity contribution < 1.29 is 13.2 Å². The normalized spacial score (nSPS) is 17.7. The maximum Gasteiger partial charge on any atom is 0.194 e. The fourth-order valence-electron chi connectivity index (χ4n) is 1.80. The Morgan fingerprint density at radius 2 is 1.75 bits per heavy atom. The van der Waals surface area contributed by atoms with Crippen molar-refractivity contribution in [3.8, 4) is 0 Å². The van der Waals surface area contributed by atoms with E-state index in [-0.39, 0.29) is 5.56 Å².